The normalized spacial score (nSPS) is 9.93. The Morgan fingerprint density at radius 1 is 1.47 bits per heavy atom. The molecule has 0 fully saturated rings. The van der Waals surface area contributed by atoms with Crippen LogP contribution in [-0.2, 0) is 4.74 Å². The third-order valence-electron chi connectivity index (χ3n) is 2.02. The number of carbonyl (C=O) groups is 1. The van der Waals surface area contributed by atoms with Crippen molar-refractivity contribution in [2.45, 2.75) is 6.92 Å². The van der Waals surface area contributed by atoms with Gasteiger partial charge in [-0.1, -0.05) is 11.6 Å². The molecule has 0 radical (unpaired) electrons. The highest BCUT2D eigenvalue weighted by Crippen LogP contribution is 2.35. The highest BCUT2D eigenvalue weighted by molar-refractivity contribution is 9.10. The van der Waals surface area contributed by atoms with E-state index in [2.05, 4.69) is 20.7 Å². The largest absolute Gasteiger partial charge is 0.495 e. The quantitative estimate of drug-likeness (QED) is 0.786. The molecule has 1 aromatic rings. The fourth-order valence-electron chi connectivity index (χ4n) is 1.32. The Balaban J connectivity index is 3.45. The summed E-state index contributed by atoms with van der Waals surface area (Å²) in [5, 5.41) is 0.453. The van der Waals surface area contributed by atoms with E-state index in [1.807, 2.05) is 0 Å². The minimum absolute atomic E-state index is 0.422. The minimum Gasteiger partial charge on any atom is -0.495 e. The van der Waals surface area contributed by atoms with Gasteiger partial charge in [0.05, 0.1) is 24.8 Å². The molecule has 1 aromatic carbocycles. The molecular formula is C10H10BrClO3. The van der Waals surface area contributed by atoms with Crippen molar-refractivity contribution in [1.29, 1.82) is 0 Å². The molecule has 0 saturated carbocycles. The smallest absolute Gasteiger partial charge is 0.339 e. The molecule has 3 nitrogen and oxygen atoms in total. The van der Waals surface area contributed by atoms with Gasteiger partial charge in [-0.05, 0) is 28.9 Å². The standard InChI is InChI=1S/C10H10BrClO3/c1-5-8(10(13)15-3)6(11)4-7(12)9(5)14-2/h4H,1-3H3. The summed E-state index contributed by atoms with van der Waals surface area (Å²) in [5.74, 6) is 0.0645. The number of benzene rings is 1. The number of rotatable bonds is 2. The summed E-state index contributed by atoms with van der Waals surface area (Å²) < 4.78 is 10.4. The number of hydrogen-bond acceptors (Lipinski definition) is 3. The topological polar surface area (TPSA) is 35.5 Å². The predicted octanol–water partition coefficient (Wildman–Crippen LogP) is 3.21. The first-order valence-electron chi connectivity index (χ1n) is 4.13. The van der Waals surface area contributed by atoms with E-state index in [9.17, 15) is 4.79 Å². The van der Waals surface area contributed by atoms with Gasteiger partial charge in [-0.2, -0.15) is 0 Å². The van der Waals surface area contributed by atoms with Gasteiger partial charge in [0.15, 0.2) is 0 Å². The molecule has 0 aromatic heterocycles. The molecule has 0 aliphatic rings. The fourth-order valence-corrected chi connectivity index (χ4v) is 2.47. The van der Waals surface area contributed by atoms with E-state index in [0.29, 0.717) is 26.4 Å². The zero-order valence-electron chi connectivity index (χ0n) is 8.56. The van der Waals surface area contributed by atoms with E-state index in [1.54, 1.807) is 13.0 Å². The second-order valence-electron chi connectivity index (χ2n) is 2.87. The number of methoxy groups -OCH3 is 2. The van der Waals surface area contributed by atoms with Crippen molar-refractivity contribution in [1.82, 2.24) is 0 Å². The molecule has 0 atom stereocenters. The first-order chi connectivity index (χ1) is 7.02. The van der Waals surface area contributed by atoms with Crippen LogP contribution in [0.4, 0.5) is 0 Å². The highest BCUT2D eigenvalue weighted by atomic mass is 79.9. The van der Waals surface area contributed by atoms with Crippen molar-refractivity contribution in [2.24, 2.45) is 0 Å². The zero-order valence-corrected chi connectivity index (χ0v) is 10.9. The Morgan fingerprint density at radius 3 is 2.53 bits per heavy atom. The number of halogens is 2. The number of hydrogen-bond donors (Lipinski definition) is 0. The van der Waals surface area contributed by atoms with E-state index in [-0.39, 0.29) is 0 Å². The van der Waals surface area contributed by atoms with Crippen LogP contribution in [0, 0.1) is 6.92 Å². The van der Waals surface area contributed by atoms with Crippen molar-refractivity contribution >= 4 is 33.5 Å². The number of carbonyl (C=O) groups excluding carboxylic acids is 1. The molecule has 0 saturated heterocycles. The SMILES string of the molecule is COC(=O)c1c(Br)cc(Cl)c(OC)c1C. The molecule has 0 aliphatic carbocycles. The van der Waals surface area contributed by atoms with Crippen LogP contribution in [0.5, 0.6) is 5.75 Å². The van der Waals surface area contributed by atoms with Gasteiger partial charge in [0.1, 0.15) is 5.75 Å². The third kappa shape index (κ3) is 2.26. The van der Waals surface area contributed by atoms with Gasteiger partial charge in [0.2, 0.25) is 0 Å². The summed E-state index contributed by atoms with van der Waals surface area (Å²) in [4.78, 5) is 11.5. The summed E-state index contributed by atoms with van der Waals surface area (Å²) in [5.41, 5.74) is 1.09. The third-order valence-corrected chi connectivity index (χ3v) is 2.92. The van der Waals surface area contributed by atoms with Crippen molar-refractivity contribution in [2.75, 3.05) is 14.2 Å². The van der Waals surface area contributed by atoms with Crippen LogP contribution in [0.2, 0.25) is 5.02 Å². The van der Waals surface area contributed by atoms with Crippen LogP contribution in [-0.4, -0.2) is 20.2 Å². The first kappa shape index (κ1) is 12.3. The average molecular weight is 294 g/mol. The molecule has 1 rings (SSSR count). The maximum absolute atomic E-state index is 11.5. The Bertz CT molecular complexity index is 404. The fraction of sp³-hybridized carbons (Fsp3) is 0.300. The Kier molecular flexibility index (Phi) is 3.99. The van der Waals surface area contributed by atoms with Crippen molar-refractivity contribution in [3.63, 3.8) is 0 Å². The molecule has 0 amide bonds. The Morgan fingerprint density at radius 2 is 2.07 bits per heavy atom. The van der Waals surface area contributed by atoms with Crippen LogP contribution < -0.4 is 4.74 Å². The molecule has 82 valence electrons. The Hall–Kier alpha value is -0.740. The van der Waals surface area contributed by atoms with Gasteiger partial charge >= 0.3 is 5.97 Å². The van der Waals surface area contributed by atoms with Crippen LogP contribution in [0.1, 0.15) is 15.9 Å². The first-order valence-corrected chi connectivity index (χ1v) is 5.31. The number of esters is 1. The molecule has 0 spiro atoms. The van der Waals surface area contributed by atoms with Crippen molar-refractivity contribution in [3.8, 4) is 5.75 Å². The predicted molar refractivity (Wildman–Crippen MR) is 61.8 cm³/mol. The van der Waals surface area contributed by atoms with Crippen molar-refractivity contribution < 1.29 is 14.3 Å². The highest BCUT2D eigenvalue weighted by Gasteiger charge is 2.19. The van der Waals surface area contributed by atoms with E-state index < -0.39 is 5.97 Å². The van der Waals surface area contributed by atoms with E-state index in [1.165, 1.54) is 14.2 Å². The maximum atomic E-state index is 11.5. The number of ether oxygens (including phenoxy) is 2. The lowest BCUT2D eigenvalue weighted by atomic mass is 10.1. The average Bonchev–Trinajstić information content (AvgIpc) is 2.17. The lowest BCUT2D eigenvalue weighted by Gasteiger charge is -2.12. The molecular weight excluding hydrogens is 283 g/mol. The second-order valence-corrected chi connectivity index (χ2v) is 4.13. The summed E-state index contributed by atoms with van der Waals surface area (Å²) in [7, 11) is 2.83. The molecule has 0 heterocycles. The van der Waals surface area contributed by atoms with Gasteiger partial charge in [0.25, 0.3) is 0 Å². The zero-order chi connectivity index (χ0) is 11.6. The van der Waals surface area contributed by atoms with Crippen LogP contribution >= 0.6 is 27.5 Å². The van der Waals surface area contributed by atoms with Gasteiger partial charge in [0, 0.05) is 10.0 Å². The Labute approximate surface area is 101 Å². The molecule has 0 aliphatic heterocycles. The van der Waals surface area contributed by atoms with Gasteiger partial charge in [-0.3, -0.25) is 0 Å². The molecule has 5 heteroatoms. The van der Waals surface area contributed by atoms with Crippen molar-refractivity contribution in [3.05, 3.63) is 26.7 Å². The lowest BCUT2D eigenvalue weighted by molar-refractivity contribution is 0.0598. The summed E-state index contributed by atoms with van der Waals surface area (Å²) in [6.45, 7) is 1.75. The van der Waals surface area contributed by atoms with E-state index >= 15 is 0 Å². The summed E-state index contributed by atoms with van der Waals surface area (Å²) in [6, 6.07) is 1.61. The van der Waals surface area contributed by atoms with E-state index in [0.717, 1.165) is 0 Å². The van der Waals surface area contributed by atoms with Crippen LogP contribution in [0.3, 0.4) is 0 Å². The van der Waals surface area contributed by atoms with Gasteiger partial charge in [-0.25, -0.2) is 4.79 Å². The molecule has 0 N–H and O–H groups in total. The minimum atomic E-state index is -0.422. The maximum Gasteiger partial charge on any atom is 0.339 e. The lowest BCUT2D eigenvalue weighted by Crippen LogP contribution is -2.06. The molecule has 0 unspecified atom stereocenters. The monoisotopic (exact) mass is 292 g/mol. The summed E-state index contributed by atoms with van der Waals surface area (Å²) in [6.07, 6.45) is 0. The van der Waals surface area contributed by atoms with E-state index in [4.69, 9.17) is 16.3 Å². The van der Waals surface area contributed by atoms with Crippen LogP contribution in [0.15, 0.2) is 10.5 Å². The molecule has 0 bridgehead atoms. The molecule has 15 heavy (non-hydrogen) atoms. The van der Waals surface area contributed by atoms with Gasteiger partial charge < -0.3 is 9.47 Å². The second kappa shape index (κ2) is 4.86. The summed E-state index contributed by atoms with van der Waals surface area (Å²) >= 11 is 9.21. The van der Waals surface area contributed by atoms with Gasteiger partial charge in [-0.15, -0.1) is 0 Å². The van der Waals surface area contributed by atoms with Crippen LogP contribution in [0.25, 0.3) is 0 Å².